The zero-order valence-corrected chi connectivity index (χ0v) is 19.8. The van der Waals surface area contributed by atoms with Crippen LogP contribution in [-0.4, -0.2) is 60.1 Å². The molecule has 7 atom stereocenters. The Bertz CT molecular complexity index is 1340. The van der Waals surface area contributed by atoms with E-state index < -0.39 is 5.23 Å². The number of ether oxygens (including phenoxy) is 1. The summed E-state index contributed by atoms with van der Waals surface area (Å²) in [5.41, 5.74) is 5.78. The van der Waals surface area contributed by atoms with Gasteiger partial charge in [-0.25, -0.2) is 5.21 Å². The van der Waals surface area contributed by atoms with Gasteiger partial charge in [-0.1, -0.05) is 11.6 Å². The highest BCUT2D eigenvalue weighted by Gasteiger charge is 2.71. The number of nitrogens with one attached hydrogen (secondary N) is 1. The van der Waals surface area contributed by atoms with Crippen LogP contribution in [0, 0.1) is 17.0 Å². The van der Waals surface area contributed by atoms with E-state index >= 15 is 0 Å². The third-order valence-corrected chi connectivity index (χ3v) is 9.81. The smallest absolute Gasteiger partial charge is 0.229 e. The first kappa shape index (κ1) is 21.2. The van der Waals surface area contributed by atoms with Gasteiger partial charge in [0.25, 0.3) is 0 Å². The highest BCUT2D eigenvalue weighted by molar-refractivity contribution is 5.99. The van der Waals surface area contributed by atoms with E-state index in [9.17, 15) is 10.0 Å². The van der Waals surface area contributed by atoms with Crippen molar-refractivity contribution in [3.8, 4) is 0 Å². The summed E-state index contributed by atoms with van der Waals surface area (Å²) in [6, 6.07) is 13.6. The van der Waals surface area contributed by atoms with E-state index in [1.165, 1.54) is 11.1 Å². The molecule has 0 radical (unpaired) electrons. The van der Waals surface area contributed by atoms with Crippen molar-refractivity contribution in [2.24, 2.45) is 16.8 Å². The van der Waals surface area contributed by atoms with E-state index in [0.29, 0.717) is 30.9 Å². The zero-order chi connectivity index (χ0) is 24.2. The Kier molecular flexibility index (Phi) is 4.33. The van der Waals surface area contributed by atoms with Gasteiger partial charge in [-0.3, -0.25) is 14.7 Å². The lowest BCUT2D eigenvalue weighted by Crippen LogP contribution is -2.99. The Balaban J connectivity index is 1.23. The van der Waals surface area contributed by atoms with Gasteiger partial charge in [-0.05, 0) is 66.8 Å². The standard InChI is InChI=1S/C28H28N4O4/c33-25-13-23-26-20-12-24-28(8-9-30(24)15-17(20)7-10-36-23)21-11-18(3-6-22(21)31(25)27(26)28)29-14-16-1-4-19(5-2-16)32(34)35/h1-7,11,14,20,23-24,26-27,32,34H,8-10,12-13,15H2/t20-,23+,24+,26-,27+,28-/m1/s1. The van der Waals surface area contributed by atoms with Gasteiger partial charge in [0, 0.05) is 48.0 Å². The van der Waals surface area contributed by atoms with Crippen molar-refractivity contribution in [2.75, 3.05) is 24.6 Å². The van der Waals surface area contributed by atoms with Crippen LogP contribution in [-0.2, 0) is 14.9 Å². The summed E-state index contributed by atoms with van der Waals surface area (Å²) in [6.45, 7) is 2.72. The minimum atomic E-state index is -0.936. The molecular weight excluding hydrogens is 456 g/mol. The number of anilines is 1. The van der Waals surface area contributed by atoms with Gasteiger partial charge < -0.3 is 14.8 Å². The summed E-state index contributed by atoms with van der Waals surface area (Å²) >= 11 is 0. The number of piperidine rings is 2. The van der Waals surface area contributed by atoms with Gasteiger partial charge in [-0.2, -0.15) is 5.23 Å². The molecule has 1 saturated carbocycles. The maximum absolute atomic E-state index is 13.6. The lowest BCUT2D eigenvalue weighted by molar-refractivity contribution is -0.991. The second kappa shape index (κ2) is 7.34. The van der Waals surface area contributed by atoms with Crippen LogP contribution in [0.5, 0.6) is 0 Å². The molecular formula is C28H28N4O4. The molecule has 3 saturated heterocycles. The van der Waals surface area contributed by atoms with Crippen molar-refractivity contribution in [2.45, 2.75) is 42.9 Å². The predicted octanol–water partition coefficient (Wildman–Crippen LogP) is 2.25. The Morgan fingerprint density at radius 1 is 1.22 bits per heavy atom. The molecule has 6 aliphatic rings. The molecule has 2 aromatic rings. The van der Waals surface area contributed by atoms with E-state index in [1.807, 2.05) is 6.07 Å². The van der Waals surface area contributed by atoms with Crippen molar-refractivity contribution in [1.82, 2.24) is 4.90 Å². The Morgan fingerprint density at radius 3 is 2.92 bits per heavy atom. The maximum Gasteiger partial charge on any atom is 0.229 e. The molecule has 8 heteroatoms. The van der Waals surface area contributed by atoms with Crippen molar-refractivity contribution in [1.29, 1.82) is 0 Å². The Hall–Kier alpha value is -2.88. The molecule has 36 heavy (non-hydrogen) atoms. The number of carbonyl (C=O) groups is 1. The molecule has 8 rings (SSSR count). The van der Waals surface area contributed by atoms with Gasteiger partial charge in [0.15, 0.2) is 5.69 Å². The average molecular weight is 485 g/mol. The summed E-state index contributed by atoms with van der Waals surface area (Å²) in [5, 5.41) is 19.3. The SMILES string of the molecule is O=C1C[C@@H]2OCC=C3CN4CC[C@]56c7cc(N=Cc8ccc([NH+]([O-])O)cc8)ccc7N1[C@H]5[C@@H]2[C@@H]3C[C@H]46. The summed E-state index contributed by atoms with van der Waals surface area (Å²) < 4.78 is 6.32. The molecule has 4 fully saturated rings. The molecule has 1 aliphatic carbocycles. The van der Waals surface area contributed by atoms with E-state index in [2.05, 4.69) is 28.0 Å². The lowest BCUT2D eigenvalue weighted by Gasteiger charge is -2.58. The van der Waals surface area contributed by atoms with Crippen LogP contribution in [0.15, 0.2) is 59.1 Å². The number of hydrogen-bond donors (Lipinski definition) is 2. The van der Waals surface area contributed by atoms with Crippen molar-refractivity contribution >= 4 is 29.2 Å². The van der Waals surface area contributed by atoms with Crippen LogP contribution in [0.2, 0.25) is 0 Å². The second-order valence-electron chi connectivity index (χ2n) is 11.1. The van der Waals surface area contributed by atoms with E-state index in [1.54, 1.807) is 30.5 Å². The van der Waals surface area contributed by atoms with Gasteiger partial charge in [0.1, 0.15) is 0 Å². The van der Waals surface area contributed by atoms with Crippen molar-refractivity contribution in [3.05, 3.63) is 70.4 Å². The normalized spacial score (nSPS) is 36.6. The number of rotatable bonds is 3. The topological polar surface area (TPSA) is 92.9 Å². The van der Waals surface area contributed by atoms with Crippen LogP contribution < -0.4 is 10.1 Å². The largest absolute Gasteiger partial charge is 0.595 e. The summed E-state index contributed by atoms with van der Waals surface area (Å²) in [6.07, 6.45) is 6.77. The Morgan fingerprint density at radius 2 is 2.08 bits per heavy atom. The van der Waals surface area contributed by atoms with Crippen molar-refractivity contribution < 1.29 is 20.0 Å². The molecule has 8 nitrogen and oxygen atoms in total. The summed E-state index contributed by atoms with van der Waals surface area (Å²) in [4.78, 5) is 23.1. The number of amides is 1. The number of aliphatic imine (C=N–C) groups is 1. The molecule has 5 aliphatic heterocycles. The third kappa shape index (κ3) is 2.65. The second-order valence-corrected chi connectivity index (χ2v) is 11.1. The first-order chi connectivity index (χ1) is 17.5. The number of benzene rings is 2. The molecule has 2 aromatic carbocycles. The average Bonchev–Trinajstić information content (AvgIpc) is 3.35. The van der Waals surface area contributed by atoms with Crippen molar-refractivity contribution in [3.63, 3.8) is 0 Å². The number of quaternary nitrogens is 1. The van der Waals surface area contributed by atoms with E-state index in [4.69, 9.17) is 14.9 Å². The summed E-state index contributed by atoms with van der Waals surface area (Å²) in [5.74, 6) is 1.04. The number of fused-ring (bicyclic) bond motifs is 2. The maximum atomic E-state index is 13.6. The fourth-order valence-corrected chi connectivity index (χ4v) is 8.48. The van der Waals surface area contributed by atoms with Crippen LogP contribution in [0.25, 0.3) is 0 Å². The minimum absolute atomic E-state index is 0.00283. The lowest BCUT2D eigenvalue weighted by atomic mass is 9.53. The highest BCUT2D eigenvalue weighted by atomic mass is 16.8. The number of hydrogen-bond acceptors (Lipinski definition) is 6. The monoisotopic (exact) mass is 484 g/mol. The first-order valence-electron chi connectivity index (χ1n) is 12.9. The number of nitrogens with zero attached hydrogens (tertiary/aromatic N) is 3. The van der Waals surface area contributed by atoms with Gasteiger partial charge in [-0.15, -0.1) is 0 Å². The number of carbonyl (C=O) groups excluding carboxylic acids is 1. The van der Waals surface area contributed by atoms with E-state index in [0.717, 1.165) is 42.9 Å². The third-order valence-electron chi connectivity index (χ3n) is 9.81. The van der Waals surface area contributed by atoms with Gasteiger partial charge >= 0.3 is 0 Å². The summed E-state index contributed by atoms with van der Waals surface area (Å²) in [7, 11) is 0. The molecule has 2 N–H and O–H groups in total. The minimum Gasteiger partial charge on any atom is -0.595 e. The fourth-order valence-electron chi connectivity index (χ4n) is 8.48. The molecule has 184 valence electrons. The van der Waals surface area contributed by atoms with Gasteiger partial charge in [0.05, 0.1) is 30.9 Å². The van der Waals surface area contributed by atoms with Gasteiger partial charge in [0.2, 0.25) is 5.91 Å². The molecule has 1 unspecified atom stereocenters. The van der Waals surface area contributed by atoms with Crippen LogP contribution >= 0.6 is 0 Å². The van der Waals surface area contributed by atoms with Crippen LogP contribution in [0.3, 0.4) is 0 Å². The van der Waals surface area contributed by atoms with Crippen LogP contribution in [0.1, 0.15) is 30.4 Å². The Labute approximate surface area is 209 Å². The molecule has 1 amide bonds. The zero-order valence-electron chi connectivity index (χ0n) is 19.8. The molecule has 0 aromatic heterocycles. The van der Waals surface area contributed by atoms with E-state index in [-0.39, 0.29) is 29.2 Å². The molecule has 5 heterocycles. The highest BCUT2D eigenvalue weighted by Crippen LogP contribution is 2.66. The quantitative estimate of drug-likeness (QED) is 0.396. The molecule has 2 bridgehead atoms. The fraction of sp³-hybridized carbons (Fsp3) is 0.429. The predicted molar refractivity (Wildman–Crippen MR) is 133 cm³/mol. The molecule has 1 spiro atoms. The first-order valence-corrected chi connectivity index (χ1v) is 12.9. The van der Waals surface area contributed by atoms with Crippen LogP contribution in [0.4, 0.5) is 17.1 Å².